The number of piperazine rings is 1. The standard InChI is InChI=1S/C23H25N3O3/c1-3-25-10-12-26(13-11-25)20-9-8-18(14-16(20)2)24-22(27)19-15-17-6-4-5-7-21(17)29-23(19)28/h4-9,14-15H,3,10-13H2,1-2H3,(H,24,27). The Kier molecular flexibility index (Phi) is 5.36. The third-order valence-corrected chi connectivity index (χ3v) is 5.50. The maximum atomic E-state index is 12.7. The van der Waals surface area contributed by atoms with Crippen LogP contribution in [0.2, 0.25) is 0 Å². The molecule has 6 nitrogen and oxygen atoms in total. The Morgan fingerprint density at radius 1 is 1.07 bits per heavy atom. The number of aryl methyl sites for hydroxylation is 1. The van der Waals surface area contributed by atoms with Gasteiger partial charge in [-0.05, 0) is 49.4 Å². The first-order valence-corrected chi connectivity index (χ1v) is 9.97. The Bertz CT molecular complexity index is 1100. The second-order valence-electron chi connectivity index (χ2n) is 7.36. The van der Waals surface area contributed by atoms with Crippen molar-refractivity contribution in [3.05, 3.63) is 70.1 Å². The lowest BCUT2D eigenvalue weighted by molar-refractivity contribution is 0.102. The zero-order valence-corrected chi connectivity index (χ0v) is 16.8. The molecule has 1 saturated heterocycles. The molecule has 150 valence electrons. The monoisotopic (exact) mass is 391 g/mol. The molecule has 1 aromatic heterocycles. The lowest BCUT2D eigenvalue weighted by Crippen LogP contribution is -2.46. The number of hydrogen-bond acceptors (Lipinski definition) is 5. The van der Waals surface area contributed by atoms with Crippen molar-refractivity contribution in [2.45, 2.75) is 13.8 Å². The molecule has 1 N–H and O–H groups in total. The van der Waals surface area contributed by atoms with E-state index in [0.29, 0.717) is 11.3 Å². The van der Waals surface area contributed by atoms with Gasteiger partial charge in [-0.25, -0.2) is 4.79 Å². The highest BCUT2D eigenvalue weighted by Crippen LogP contribution is 2.25. The van der Waals surface area contributed by atoms with E-state index in [4.69, 9.17) is 4.42 Å². The van der Waals surface area contributed by atoms with Gasteiger partial charge in [-0.3, -0.25) is 4.79 Å². The predicted molar refractivity (Wildman–Crippen MR) is 116 cm³/mol. The number of rotatable bonds is 4. The molecule has 1 amide bonds. The van der Waals surface area contributed by atoms with Crippen LogP contribution in [0.3, 0.4) is 0 Å². The van der Waals surface area contributed by atoms with E-state index < -0.39 is 11.5 Å². The first-order chi connectivity index (χ1) is 14.0. The van der Waals surface area contributed by atoms with Crippen molar-refractivity contribution in [2.24, 2.45) is 0 Å². The molecule has 0 saturated carbocycles. The summed E-state index contributed by atoms with van der Waals surface area (Å²) in [6.45, 7) is 9.44. The molecule has 1 aliphatic rings. The van der Waals surface area contributed by atoms with Gasteiger partial charge in [0, 0.05) is 42.9 Å². The number of likely N-dealkylation sites (N-methyl/N-ethyl adjacent to an activating group) is 1. The molecule has 0 bridgehead atoms. The van der Waals surface area contributed by atoms with Gasteiger partial charge < -0.3 is 19.5 Å². The Balaban J connectivity index is 1.51. The van der Waals surface area contributed by atoms with E-state index in [0.717, 1.165) is 43.7 Å². The van der Waals surface area contributed by atoms with Gasteiger partial charge >= 0.3 is 5.63 Å². The molecule has 6 heteroatoms. The van der Waals surface area contributed by atoms with Gasteiger partial charge in [-0.2, -0.15) is 0 Å². The molecule has 0 unspecified atom stereocenters. The van der Waals surface area contributed by atoms with Crippen LogP contribution in [0.1, 0.15) is 22.8 Å². The van der Waals surface area contributed by atoms with Crippen LogP contribution < -0.4 is 15.8 Å². The summed E-state index contributed by atoms with van der Waals surface area (Å²) in [7, 11) is 0. The maximum Gasteiger partial charge on any atom is 0.349 e. The third-order valence-electron chi connectivity index (χ3n) is 5.50. The van der Waals surface area contributed by atoms with E-state index in [1.54, 1.807) is 18.2 Å². The van der Waals surface area contributed by atoms with E-state index in [1.807, 2.05) is 37.3 Å². The van der Waals surface area contributed by atoms with Crippen molar-refractivity contribution in [1.29, 1.82) is 0 Å². The van der Waals surface area contributed by atoms with Gasteiger partial charge in [0.15, 0.2) is 0 Å². The Labute approximate surface area is 169 Å². The van der Waals surface area contributed by atoms with Crippen LogP contribution in [0, 0.1) is 6.92 Å². The van der Waals surface area contributed by atoms with Crippen LogP contribution in [0.15, 0.2) is 57.7 Å². The first-order valence-electron chi connectivity index (χ1n) is 9.97. The minimum atomic E-state index is -0.636. The van der Waals surface area contributed by atoms with Crippen LogP contribution >= 0.6 is 0 Å². The van der Waals surface area contributed by atoms with Gasteiger partial charge in [-0.15, -0.1) is 0 Å². The summed E-state index contributed by atoms with van der Waals surface area (Å²) in [4.78, 5) is 29.7. The molecule has 4 rings (SSSR count). The van der Waals surface area contributed by atoms with E-state index in [-0.39, 0.29) is 5.56 Å². The van der Waals surface area contributed by atoms with Gasteiger partial charge in [0.2, 0.25) is 0 Å². The van der Waals surface area contributed by atoms with Gasteiger partial charge in [0.05, 0.1) is 0 Å². The molecule has 2 heterocycles. The summed E-state index contributed by atoms with van der Waals surface area (Å²) < 4.78 is 5.26. The molecule has 1 aliphatic heterocycles. The Morgan fingerprint density at radius 3 is 2.55 bits per heavy atom. The zero-order chi connectivity index (χ0) is 20.4. The predicted octanol–water partition coefficient (Wildman–Crippen LogP) is 3.50. The van der Waals surface area contributed by atoms with E-state index in [2.05, 4.69) is 22.0 Å². The molecular weight excluding hydrogens is 366 g/mol. The minimum absolute atomic E-state index is 0.00103. The molecule has 0 atom stereocenters. The van der Waals surface area contributed by atoms with Crippen molar-refractivity contribution in [3.63, 3.8) is 0 Å². The van der Waals surface area contributed by atoms with Crippen molar-refractivity contribution in [3.8, 4) is 0 Å². The molecule has 3 aromatic rings. The first kappa shape index (κ1) is 19.2. The van der Waals surface area contributed by atoms with Crippen molar-refractivity contribution < 1.29 is 9.21 Å². The number of nitrogens with one attached hydrogen (secondary N) is 1. The van der Waals surface area contributed by atoms with Crippen LogP contribution in [-0.4, -0.2) is 43.5 Å². The highest BCUT2D eigenvalue weighted by Gasteiger charge is 2.18. The molecule has 0 spiro atoms. The minimum Gasteiger partial charge on any atom is -0.422 e. The number of nitrogens with zero attached hydrogens (tertiary/aromatic N) is 2. The topological polar surface area (TPSA) is 65.8 Å². The van der Waals surface area contributed by atoms with E-state index in [1.165, 1.54) is 5.69 Å². The van der Waals surface area contributed by atoms with E-state index in [9.17, 15) is 9.59 Å². The van der Waals surface area contributed by atoms with Crippen LogP contribution in [0.25, 0.3) is 11.0 Å². The number of anilines is 2. The average molecular weight is 391 g/mol. The molecule has 0 aliphatic carbocycles. The zero-order valence-electron chi connectivity index (χ0n) is 16.8. The fourth-order valence-electron chi connectivity index (χ4n) is 3.81. The van der Waals surface area contributed by atoms with Crippen molar-refractivity contribution in [2.75, 3.05) is 42.9 Å². The summed E-state index contributed by atoms with van der Waals surface area (Å²) in [5, 5.41) is 3.54. The van der Waals surface area contributed by atoms with E-state index >= 15 is 0 Å². The van der Waals surface area contributed by atoms with Crippen molar-refractivity contribution >= 4 is 28.3 Å². The fourth-order valence-corrected chi connectivity index (χ4v) is 3.81. The second kappa shape index (κ2) is 8.09. The lowest BCUT2D eigenvalue weighted by atomic mass is 10.1. The number of para-hydroxylation sites is 1. The maximum absolute atomic E-state index is 12.7. The number of carbonyl (C=O) groups excluding carboxylic acids is 1. The van der Waals surface area contributed by atoms with Gasteiger partial charge in [0.25, 0.3) is 5.91 Å². The largest absolute Gasteiger partial charge is 0.422 e. The molecule has 1 fully saturated rings. The van der Waals surface area contributed by atoms with Crippen LogP contribution in [-0.2, 0) is 0 Å². The molecule has 0 radical (unpaired) electrons. The number of hydrogen-bond donors (Lipinski definition) is 1. The molecule has 2 aromatic carbocycles. The van der Waals surface area contributed by atoms with Crippen LogP contribution in [0.5, 0.6) is 0 Å². The Hall–Kier alpha value is -3.12. The van der Waals surface area contributed by atoms with Crippen molar-refractivity contribution in [1.82, 2.24) is 4.90 Å². The van der Waals surface area contributed by atoms with Gasteiger partial charge in [-0.1, -0.05) is 25.1 Å². The normalized spacial score (nSPS) is 14.9. The summed E-state index contributed by atoms with van der Waals surface area (Å²) in [5.74, 6) is -0.465. The molecular formula is C23H25N3O3. The SMILES string of the molecule is CCN1CCN(c2ccc(NC(=O)c3cc4ccccc4oc3=O)cc2C)CC1. The number of benzene rings is 2. The smallest absolute Gasteiger partial charge is 0.349 e. The summed E-state index contributed by atoms with van der Waals surface area (Å²) in [6, 6.07) is 14.6. The second-order valence-corrected chi connectivity index (χ2v) is 7.36. The quantitative estimate of drug-likeness (QED) is 0.690. The lowest BCUT2D eigenvalue weighted by Gasteiger charge is -2.36. The number of amides is 1. The van der Waals surface area contributed by atoms with Gasteiger partial charge in [0.1, 0.15) is 11.1 Å². The average Bonchev–Trinajstić information content (AvgIpc) is 2.73. The third kappa shape index (κ3) is 4.03. The summed E-state index contributed by atoms with van der Waals surface area (Å²) in [6.07, 6.45) is 0. The summed E-state index contributed by atoms with van der Waals surface area (Å²) in [5.41, 5.74) is 2.78. The number of carbonyl (C=O) groups is 1. The Morgan fingerprint density at radius 2 is 1.83 bits per heavy atom. The van der Waals surface area contributed by atoms with Crippen LogP contribution in [0.4, 0.5) is 11.4 Å². The highest BCUT2D eigenvalue weighted by molar-refractivity contribution is 6.05. The summed E-state index contributed by atoms with van der Waals surface area (Å²) >= 11 is 0. The highest BCUT2D eigenvalue weighted by atomic mass is 16.4. The fraction of sp³-hybridized carbons (Fsp3) is 0.304. The molecule has 29 heavy (non-hydrogen) atoms. The number of fused-ring (bicyclic) bond motifs is 1.